The van der Waals surface area contributed by atoms with E-state index in [1.54, 1.807) is 24.3 Å². The molecule has 142 valence electrons. The average Bonchev–Trinajstić information content (AvgIpc) is 3.13. The number of aliphatic carboxylic acids is 1. The summed E-state index contributed by atoms with van der Waals surface area (Å²) >= 11 is 0. The highest BCUT2D eigenvalue weighted by atomic mass is 16.4. The van der Waals surface area contributed by atoms with E-state index in [1.807, 2.05) is 13.8 Å². The van der Waals surface area contributed by atoms with E-state index in [0.717, 1.165) is 31.2 Å². The summed E-state index contributed by atoms with van der Waals surface area (Å²) in [4.78, 5) is 35.5. The average molecular weight is 360 g/mol. The van der Waals surface area contributed by atoms with Crippen molar-refractivity contribution in [3.8, 4) is 0 Å². The number of rotatable bonds is 8. The van der Waals surface area contributed by atoms with Gasteiger partial charge in [-0.05, 0) is 42.9 Å². The maximum Gasteiger partial charge on any atom is 0.326 e. The molecule has 3 N–H and O–H groups in total. The van der Waals surface area contributed by atoms with Crippen LogP contribution in [0.3, 0.4) is 0 Å². The van der Waals surface area contributed by atoms with Crippen molar-refractivity contribution in [1.29, 1.82) is 0 Å². The molecule has 2 rings (SSSR count). The zero-order chi connectivity index (χ0) is 19.1. The number of amides is 2. The fourth-order valence-corrected chi connectivity index (χ4v) is 3.23. The Labute approximate surface area is 154 Å². The Balaban J connectivity index is 1.88. The first kappa shape index (κ1) is 19.9. The number of carbonyl (C=O) groups excluding carboxylic acids is 2. The topological polar surface area (TPSA) is 95.5 Å². The van der Waals surface area contributed by atoms with Crippen molar-refractivity contribution in [3.63, 3.8) is 0 Å². The predicted molar refractivity (Wildman–Crippen MR) is 98.6 cm³/mol. The van der Waals surface area contributed by atoms with Gasteiger partial charge in [-0.3, -0.25) is 9.59 Å². The Kier molecular flexibility index (Phi) is 7.18. The van der Waals surface area contributed by atoms with Crippen molar-refractivity contribution >= 4 is 17.8 Å². The van der Waals surface area contributed by atoms with E-state index in [2.05, 4.69) is 10.6 Å². The summed E-state index contributed by atoms with van der Waals surface area (Å²) in [5, 5.41) is 14.7. The summed E-state index contributed by atoms with van der Waals surface area (Å²) in [6.45, 7) is 4.26. The van der Waals surface area contributed by atoms with Crippen LogP contribution < -0.4 is 10.6 Å². The molecule has 0 aromatic heterocycles. The molecule has 0 unspecified atom stereocenters. The molecule has 6 heteroatoms. The molecule has 1 aliphatic carbocycles. The van der Waals surface area contributed by atoms with Gasteiger partial charge in [0.25, 0.3) is 5.91 Å². The zero-order valence-corrected chi connectivity index (χ0v) is 15.5. The molecule has 0 bridgehead atoms. The third kappa shape index (κ3) is 5.86. The Bertz CT molecular complexity index is 634. The first-order chi connectivity index (χ1) is 12.4. The van der Waals surface area contributed by atoms with Gasteiger partial charge in [0.05, 0.1) is 0 Å². The Hall–Kier alpha value is -2.37. The molecule has 6 nitrogen and oxygen atoms in total. The minimum atomic E-state index is -1.03. The van der Waals surface area contributed by atoms with E-state index in [-0.39, 0.29) is 17.7 Å². The van der Waals surface area contributed by atoms with E-state index in [9.17, 15) is 19.5 Å². The van der Waals surface area contributed by atoms with Crippen LogP contribution >= 0.6 is 0 Å². The third-order valence-corrected chi connectivity index (χ3v) is 4.72. The van der Waals surface area contributed by atoms with E-state index >= 15 is 0 Å². The van der Waals surface area contributed by atoms with Crippen LogP contribution in [0.15, 0.2) is 24.3 Å². The highest BCUT2D eigenvalue weighted by molar-refractivity contribution is 5.96. The van der Waals surface area contributed by atoms with Crippen LogP contribution in [0.4, 0.5) is 0 Å². The molecule has 0 saturated heterocycles. The van der Waals surface area contributed by atoms with Gasteiger partial charge in [0.2, 0.25) is 5.91 Å². The Morgan fingerprint density at radius 1 is 1.12 bits per heavy atom. The van der Waals surface area contributed by atoms with Gasteiger partial charge in [-0.15, -0.1) is 0 Å². The number of hydrogen-bond acceptors (Lipinski definition) is 3. The van der Waals surface area contributed by atoms with E-state index in [1.165, 1.54) is 0 Å². The summed E-state index contributed by atoms with van der Waals surface area (Å²) in [7, 11) is 0. The minimum absolute atomic E-state index is 0.0994. The van der Waals surface area contributed by atoms with Crippen LogP contribution in [0.1, 0.15) is 61.9 Å². The summed E-state index contributed by atoms with van der Waals surface area (Å²) in [5.74, 6) is -1.03. The lowest BCUT2D eigenvalue weighted by Gasteiger charge is -2.16. The monoisotopic (exact) mass is 360 g/mol. The third-order valence-electron chi connectivity index (χ3n) is 4.72. The maximum atomic E-state index is 12.2. The van der Waals surface area contributed by atoms with Gasteiger partial charge in [0, 0.05) is 18.0 Å². The van der Waals surface area contributed by atoms with Crippen molar-refractivity contribution in [1.82, 2.24) is 10.6 Å². The molecule has 0 aliphatic heterocycles. The number of hydrogen-bond donors (Lipinski definition) is 3. The highest BCUT2D eigenvalue weighted by Gasteiger charge is 2.23. The number of carbonyl (C=O) groups is 3. The fraction of sp³-hybridized carbons (Fsp3) is 0.550. The standard InChI is InChI=1S/C20H28N2O4/c1-13(2)11-17(20(25)26)22-19(24)16-9-7-14(8-10-16)12-21-18(23)15-5-3-4-6-15/h7-10,13,15,17H,3-6,11-12H2,1-2H3,(H,21,23)(H,22,24)(H,25,26)/t17-/m0/s1. The molecule has 1 atom stereocenters. The Morgan fingerprint density at radius 3 is 2.27 bits per heavy atom. The molecule has 0 heterocycles. The van der Waals surface area contributed by atoms with E-state index in [0.29, 0.717) is 18.5 Å². The molecule has 2 amide bonds. The van der Waals surface area contributed by atoms with Crippen LogP contribution in [-0.2, 0) is 16.1 Å². The lowest BCUT2D eigenvalue weighted by molar-refractivity contribution is -0.139. The second-order valence-electron chi connectivity index (χ2n) is 7.39. The van der Waals surface area contributed by atoms with Crippen LogP contribution in [0.5, 0.6) is 0 Å². The molecule has 0 radical (unpaired) electrons. The van der Waals surface area contributed by atoms with Crippen molar-refractivity contribution in [2.75, 3.05) is 0 Å². The number of carboxylic acid groups (broad SMARTS) is 1. The van der Waals surface area contributed by atoms with Crippen molar-refractivity contribution in [2.24, 2.45) is 11.8 Å². The molecule has 26 heavy (non-hydrogen) atoms. The molecule has 1 saturated carbocycles. The number of carboxylic acids is 1. The van der Waals surface area contributed by atoms with Crippen LogP contribution in [0.25, 0.3) is 0 Å². The quantitative estimate of drug-likeness (QED) is 0.664. The van der Waals surface area contributed by atoms with Crippen LogP contribution in [0, 0.1) is 11.8 Å². The lowest BCUT2D eigenvalue weighted by Crippen LogP contribution is -2.41. The van der Waals surface area contributed by atoms with Gasteiger partial charge < -0.3 is 15.7 Å². The molecular formula is C20H28N2O4. The van der Waals surface area contributed by atoms with Gasteiger partial charge >= 0.3 is 5.97 Å². The van der Waals surface area contributed by atoms with Crippen molar-refractivity contribution in [2.45, 2.75) is 58.5 Å². The van der Waals surface area contributed by atoms with Gasteiger partial charge in [0.15, 0.2) is 0 Å². The molecule has 1 aromatic rings. The summed E-state index contributed by atoms with van der Waals surface area (Å²) < 4.78 is 0. The van der Waals surface area contributed by atoms with Crippen LogP contribution in [-0.4, -0.2) is 28.9 Å². The second kappa shape index (κ2) is 9.36. The summed E-state index contributed by atoms with van der Waals surface area (Å²) in [6.07, 6.45) is 4.55. The maximum absolute atomic E-state index is 12.2. The van der Waals surface area contributed by atoms with Crippen molar-refractivity contribution < 1.29 is 19.5 Å². The van der Waals surface area contributed by atoms with E-state index in [4.69, 9.17) is 0 Å². The minimum Gasteiger partial charge on any atom is -0.480 e. The summed E-state index contributed by atoms with van der Waals surface area (Å²) in [5.41, 5.74) is 1.32. The molecule has 1 aromatic carbocycles. The molecule has 1 fully saturated rings. The molecular weight excluding hydrogens is 332 g/mol. The summed E-state index contributed by atoms with van der Waals surface area (Å²) in [6, 6.07) is 5.97. The number of nitrogens with one attached hydrogen (secondary N) is 2. The lowest BCUT2D eigenvalue weighted by atomic mass is 10.0. The van der Waals surface area contributed by atoms with Gasteiger partial charge in [-0.2, -0.15) is 0 Å². The van der Waals surface area contributed by atoms with Gasteiger partial charge in [-0.25, -0.2) is 4.79 Å². The molecule has 1 aliphatic rings. The Morgan fingerprint density at radius 2 is 1.73 bits per heavy atom. The first-order valence-electron chi connectivity index (χ1n) is 9.27. The van der Waals surface area contributed by atoms with Gasteiger partial charge in [0.1, 0.15) is 6.04 Å². The van der Waals surface area contributed by atoms with Crippen LogP contribution in [0.2, 0.25) is 0 Å². The van der Waals surface area contributed by atoms with Crippen molar-refractivity contribution in [3.05, 3.63) is 35.4 Å². The number of benzene rings is 1. The smallest absolute Gasteiger partial charge is 0.326 e. The first-order valence-corrected chi connectivity index (χ1v) is 9.27. The molecule has 0 spiro atoms. The van der Waals surface area contributed by atoms with Gasteiger partial charge in [-0.1, -0.05) is 38.8 Å². The zero-order valence-electron chi connectivity index (χ0n) is 15.5. The van der Waals surface area contributed by atoms with E-state index < -0.39 is 17.9 Å². The predicted octanol–water partition coefficient (Wildman–Crippen LogP) is 2.72. The SMILES string of the molecule is CC(C)C[C@H](NC(=O)c1ccc(CNC(=O)C2CCCC2)cc1)C(=O)O. The highest BCUT2D eigenvalue weighted by Crippen LogP contribution is 2.24. The largest absolute Gasteiger partial charge is 0.480 e. The second-order valence-corrected chi connectivity index (χ2v) is 7.39. The fourth-order valence-electron chi connectivity index (χ4n) is 3.23. The normalized spacial score (nSPS) is 15.7.